The van der Waals surface area contributed by atoms with Crippen LogP contribution in [0.25, 0.3) is 0 Å². The van der Waals surface area contributed by atoms with Crippen LogP contribution in [0.5, 0.6) is 5.75 Å². The zero-order chi connectivity index (χ0) is 12.3. The van der Waals surface area contributed by atoms with E-state index in [0.717, 1.165) is 12.3 Å². The minimum atomic E-state index is 0.519. The third-order valence-corrected chi connectivity index (χ3v) is 3.76. The molecule has 0 aromatic heterocycles. The number of methoxy groups -OCH3 is 1. The maximum absolute atomic E-state index is 5.33. The molecule has 2 atom stereocenters. The second-order valence-electron chi connectivity index (χ2n) is 4.84. The van der Waals surface area contributed by atoms with Gasteiger partial charge >= 0.3 is 0 Å². The topological polar surface area (TPSA) is 21.3 Å². The van der Waals surface area contributed by atoms with E-state index in [4.69, 9.17) is 4.74 Å². The van der Waals surface area contributed by atoms with Gasteiger partial charge in [0.25, 0.3) is 0 Å². The fourth-order valence-corrected chi connectivity index (χ4v) is 2.79. The minimum absolute atomic E-state index is 0.519. The first kappa shape index (κ1) is 12.4. The second-order valence-corrected chi connectivity index (χ2v) is 4.84. The van der Waals surface area contributed by atoms with Crippen LogP contribution in [-0.4, -0.2) is 13.7 Å². The summed E-state index contributed by atoms with van der Waals surface area (Å²) in [5.41, 5.74) is 2.96. The summed E-state index contributed by atoms with van der Waals surface area (Å²) in [6, 6.07) is 7.06. The summed E-state index contributed by atoms with van der Waals surface area (Å²) >= 11 is 0. The monoisotopic (exact) mass is 233 g/mol. The van der Waals surface area contributed by atoms with E-state index in [0.29, 0.717) is 12.0 Å². The Morgan fingerprint density at radius 1 is 1.29 bits per heavy atom. The first-order valence-corrected chi connectivity index (χ1v) is 6.71. The van der Waals surface area contributed by atoms with Crippen LogP contribution in [-0.2, 0) is 0 Å². The van der Waals surface area contributed by atoms with Crippen LogP contribution in [0, 0.1) is 0 Å². The number of rotatable bonds is 5. The summed E-state index contributed by atoms with van der Waals surface area (Å²) in [7, 11) is 1.74. The molecule has 2 heteroatoms. The molecule has 0 spiro atoms. The smallest absolute Gasteiger partial charge is 0.119 e. The maximum atomic E-state index is 5.33. The highest BCUT2D eigenvalue weighted by atomic mass is 16.5. The van der Waals surface area contributed by atoms with Crippen molar-refractivity contribution in [2.24, 2.45) is 0 Å². The highest BCUT2D eigenvalue weighted by molar-refractivity contribution is 5.43. The largest absolute Gasteiger partial charge is 0.497 e. The predicted molar refractivity (Wildman–Crippen MR) is 71.7 cm³/mol. The first-order valence-electron chi connectivity index (χ1n) is 6.71. The Hall–Kier alpha value is -1.02. The Balaban J connectivity index is 2.25. The molecule has 2 nitrogen and oxygen atoms in total. The first-order chi connectivity index (χ1) is 8.30. The Morgan fingerprint density at radius 3 is 2.76 bits per heavy atom. The number of benzene rings is 1. The molecule has 1 aromatic carbocycles. The maximum Gasteiger partial charge on any atom is 0.119 e. The van der Waals surface area contributed by atoms with Gasteiger partial charge in [-0.25, -0.2) is 0 Å². The number of ether oxygens (including phenoxy) is 1. The minimum Gasteiger partial charge on any atom is -0.497 e. The van der Waals surface area contributed by atoms with Crippen LogP contribution in [0.15, 0.2) is 18.2 Å². The molecule has 1 aliphatic rings. The van der Waals surface area contributed by atoms with E-state index in [-0.39, 0.29) is 0 Å². The van der Waals surface area contributed by atoms with Crippen molar-refractivity contribution in [1.82, 2.24) is 5.32 Å². The molecule has 0 saturated carbocycles. The van der Waals surface area contributed by atoms with Crippen LogP contribution >= 0.6 is 0 Å². The second kappa shape index (κ2) is 5.54. The van der Waals surface area contributed by atoms with Crippen molar-refractivity contribution in [2.75, 3.05) is 13.7 Å². The van der Waals surface area contributed by atoms with Crippen LogP contribution in [0.2, 0.25) is 0 Å². The number of nitrogens with one attached hydrogen (secondary N) is 1. The molecule has 0 heterocycles. The van der Waals surface area contributed by atoms with E-state index in [1.165, 1.54) is 30.4 Å². The van der Waals surface area contributed by atoms with Gasteiger partial charge < -0.3 is 10.1 Å². The van der Waals surface area contributed by atoms with Crippen molar-refractivity contribution in [2.45, 2.75) is 45.1 Å². The van der Waals surface area contributed by atoms with Gasteiger partial charge in [-0.1, -0.05) is 19.9 Å². The summed E-state index contributed by atoms with van der Waals surface area (Å²) in [5.74, 6) is 1.69. The lowest BCUT2D eigenvalue weighted by Gasteiger charge is -2.14. The average molecular weight is 233 g/mol. The molecule has 2 rings (SSSR count). The Bertz CT molecular complexity index is 375. The molecule has 2 unspecified atom stereocenters. The molecule has 0 saturated heterocycles. The van der Waals surface area contributed by atoms with E-state index in [9.17, 15) is 0 Å². The molecule has 17 heavy (non-hydrogen) atoms. The van der Waals surface area contributed by atoms with E-state index < -0.39 is 0 Å². The Kier molecular flexibility index (Phi) is 4.06. The SMILES string of the molecule is CCCNC1CC(CC)c2ccc(OC)cc21. The van der Waals surface area contributed by atoms with Crippen molar-refractivity contribution < 1.29 is 4.74 Å². The van der Waals surface area contributed by atoms with Crippen molar-refractivity contribution in [3.05, 3.63) is 29.3 Å². The van der Waals surface area contributed by atoms with Crippen LogP contribution in [0.1, 0.15) is 56.2 Å². The molecule has 0 radical (unpaired) electrons. The van der Waals surface area contributed by atoms with Gasteiger partial charge in [-0.2, -0.15) is 0 Å². The van der Waals surface area contributed by atoms with Crippen molar-refractivity contribution in [1.29, 1.82) is 0 Å². The Morgan fingerprint density at radius 2 is 2.12 bits per heavy atom. The molecular weight excluding hydrogens is 210 g/mol. The van der Waals surface area contributed by atoms with E-state index in [2.05, 4.69) is 37.4 Å². The summed E-state index contributed by atoms with van der Waals surface area (Å²) in [5, 5.41) is 3.65. The van der Waals surface area contributed by atoms with Gasteiger partial charge in [0.2, 0.25) is 0 Å². The van der Waals surface area contributed by atoms with Gasteiger partial charge in [-0.05, 0) is 55.0 Å². The van der Waals surface area contributed by atoms with Gasteiger partial charge in [-0.3, -0.25) is 0 Å². The van der Waals surface area contributed by atoms with Gasteiger partial charge in [-0.15, -0.1) is 0 Å². The number of hydrogen-bond donors (Lipinski definition) is 1. The van der Waals surface area contributed by atoms with Crippen LogP contribution in [0.4, 0.5) is 0 Å². The molecule has 0 fully saturated rings. The van der Waals surface area contributed by atoms with Crippen LogP contribution < -0.4 is 10.1 Å². The highest BCUT2D eigenvalue weighted by Crippen LogP contribution is 2.43. The summed E-state index contributed by atoms with van der Waals surface area (Å²) in [6.45, 7) is 5.59. The van der Waals surface area contributed by atoms with E-state index in [1.807, 2.05) is 0 Å². The van der Waals surface area contributed by atoms with Gasteiger partial charge in [0.1, 0.15) is 5.75 Å². The standard InChI is InChI=1S/C15H23NO/c1-4-8-16-15-9-11(5-2)13-7-6-12(17-3)10-14(13)15/h6-7,10-11,15-16H,4-5,8-9H2,1-3H3. The summed E-state index contributed by atoms with van der Waals surface area (Å²) in [4.78, 5) is 0. The van der Waals surface area contributed by atoms with Crippen molar-refractivity contribution >= 4 is 0 Å². The fraction of sp³-hybridized carbons (Fsp3) is 0.600. The molecule has 1 aromatic rings. The molecule has 0 aliphatic heterocycles. The third kappa shape index (κ3) is 2.47. The van der Waals surface area contributed by atoms with E-state index >= 15 is 0 Å². The lowest BCUT2D eigenvalue weighted by Crippen LogP contribution is -2.20. The fourth-order valence-electron chi connectivity index (χ4n) is 2.79. The van der Waals surface area contributed by atoms with Gasteiger partial charge in [0.15, 0.2) is 0 Å². The molecule has 94 valence electrons. The molecule has 1 aliphatic carbocycles. The third-order valence-electron chi connectivity index (χ3n) is 3.76. The average Bonchev–Trinajstić information content (AvgIpc) is 2.73. The molecule has 0 bridgehead atoms. The normalized spacial score (nSPS) is 22.5. The Labute approximate surface area is 104 Å². The lowest BCUT2D eigenvalue weighted by molar-refractivity contribution is 0.413. The summed E-state index contributed by atoms with van der Waals surface area (Å²) in [6.07, 6.45) is 3.65. The summed E-state index contributed by atoms with van der Waals surface area (Å²) < 4.78 is 5.33. The molecular formula is C15H23NO. The van der Waals surface area contributed by atoms with Crippen LogP contribution in [0.3, 0.4) is 0 Å². The number of hydrogen-bond acceptors (Lipinski definition) is 2. The van der Waals surface area contributed by atoms with Gasteiger partial charge in [0, 0.05) is 6.04 Å². The number of fused-ring (bicyclic) bond motifs is 1. The molecule has 0 amide bonds. The zero-order valence-corrected chi connectivity index (χ0v) is 11.1. The van der Waals surface area contributed by atoms with Gasteiger partial charge in [0.05, 0.1) is 7.11 Å². The molecule has 1 N–H and O–H groups in total. The lowest BCUT2D eigenvalue weighted by atomic mass is 9.99. The van der Waals surface area contributed by atoms with Crippen molar-refractivity contribution in [3.8, 4) is 5.75 Å². The predicted octanol–water partition coefficient (Wildman–Crippen LogP) is 3.63. The van der Waals surface area contributed by atoms with Crippen molar-refractivity contribution in [3.63, 3.8) is 0 Å². The quantitative estimate of drug-likeness (QED) is 0.838. The zero-order valence-electron chi connectivity index (χ0n) is 11.1. The highest BCUT2D eigenvalue weighted by Gasteiger charge is 2.29. The van der Waals surface area contributed by atoms with E-state index in [1.54, 1.807) is 7.11 Å².